The van der Waals surface area contributed by atoms with Crippen molar-refractivity contribution in [3.05, 3.63) is 0 Å². The molecule has 0 aromatic carbocycles. The average Bonchev–Trinajstić information content (AvgIpc) is 2.96. The minimum Gasteiger partial charge on any atom is -0.480 e. The van der Waals surface area contributed by atoms with Gasteiger partial charge in [-0.3, -0.25) is 10.1 Å². The Balaban J connectivity index is 1.95. The molecule has 104 valence electrons. The number of rotatable bonds is 6. The molecule has 0 saturated heterocycles. The number of nitrogens with one attached hydrogen (secondary N) is 1. The van der Waals surface area contributed by atoms with E-state index in [4.69, 9.17) is 0 Å². The number of carbonyl (C=O) groups is 1. The topological polar surface area (TPSA) is 52.6 Å². The average molecular weight is 254 g/mol. The third kappa shape index (κ3) is 3.04. The molecular formula is C14H26N2O2. The minimum atomic E-state index is -0.698. The molecule has 0 radical (unpaired) electrons. The van der Waals surface area contributed by atoms with Crippen molar-refractivity contribution in [1.29, 1.82) is 0 Å². The summed E-state index contributed by atoms with van der Waals surface area (Å²) < 4.78 is 0. The van der Waals surface area contributed by atoms with E-state index in [9.17, 15) is 9.90 Å². The first kappa shape index (κ1) is 13.8. The van der Waals surface area contributed by atoms with Crippen LogP contribution in [0.2, 0.25) is 0 Å². The van der Waals surface area contributed by atoms with Crippen molar-refractivity contribution in [2.75, 3.05) is 13.6 Å². The smallest absolute Gasteiger partial charge is 0.323 e. The molecule has 2 aliphatic carbocycles. The molecule has 4 heteroatoms. The Bertz CT molecular complexity index is 315. The quantitative estimate of drug-likeness (QED) is 0.757. The van der Waals surface area contributed by atoms with E-state index in [-0.39, 0.29) is 6.04 Å². The van der Waals surface area contributed by atoms with Crippen LogP contribution in [0.3, 0.4) is 0 Å². The van der Waals surface area contributed by atoms with Crippen LogP contribution < -0.4 is 5.32 Å². The summed E-state index contributed by atoms with van der Waals surface area (Å²) in [5.41, 5.74) is -0.698. The molecule has 2 rings (SSSR count). The van der Waals surface area contributed by atoms with E-state index in [1.165, 1.54) is 12.8 Å². The largest absolute Gasteiger partial charge is 0.480 e. The summed E-state index contributed by atoms with van der Waals surface area (Å²) in [6.45, 7) is 5.18. The summed E-state index contributed by atoms with van der Waals surface area (Å²) in [7, 11) is 2.15. The van der Waals surface area contributed by atoms with Crippen LogP contribution >= 0.6 is 0 Å². The Hall–Kier alpha value is -0.610. The van der Waals surface area contributed by atoms with Crippen LogP contribution in [0.4, 0.5) is 0 Å². The highest BCUT2D eigenvalue weighted by atomic mass is 16.4. The zero-order valence-electron chi connectivity index (χ0n) is 11.8. The summed E-state index contributed by atoms with van der Waals surface area (Å²) in [4.78, 5) is 14.0. The number of hydrogen-bond donors (Lipinski definition) is 2. The van der Waals surface area contributed by atoms with Crippen molar-refractivity contribution in [2.24, 2.45) is 5.92 Å². The summed E-state index contributed by atoms with van der Waals surface area (Å²) in [6.07, 6.45) is 5.19. The molecule has 2 N–H and O–H groups in total. The van der Waals surface area contributed by atoms with E-state index in [0.29, 0.717) is 6.04 Å². The first-order valence-corrected chi connectivity index (χ1v) is 7.14. The van der Waals surface area contributed by atoms with Crippen LogP contribution in [-0.2, 0) is 4.79 Å². The van der Waals surface area contributed by atoms with Gasteiger partial charge < -0.3 is 10.0 Å². The van der Waals surface area contributed by atoms with Crippen molar-refractivity contribution >= 4 is 5.97 Å². The number of nitrogens with zero attached hydrogens (tertiary/aromatic N) is 1. The Labute approximate surface area is 110 Å². The monoisotopic (exact) mass is 254 g/mol. The highest BCUT2D eigenvalue weighted by molar-refractivity contribution is 5.79. The Morgan fingerprint density at radius 1 is 1.44 bits per heavy atom. The van der Waals surface area contributed by atoms with Crippen molar-refractivity contribution in [3.63, 3.8) is 0 Å². The fourth-order valence-corrected chi connectivity index (χ4v) is 3.19. The van der Waals surface area contributed by atoms with Gasteiger partial charge in [0.2, 0.25) is 0 Å². The normalized spacial score (nSPS) is 32.4. The highest BCUT2D eigenvalue weighted by Crippen LogP contribution is 2.36. The molecule has 0 bridgehead atoms. The van der Waals surface area contributed by atoms with Crippen molar-refractivity contribution in [3.8, 4) is 0 Å². The van der Waals surface area contributed by atoms with Crippen molar-refractivity contribution in [1.82, 2.24) is 10.2 Å². The fourth-order valence-electron chi connectivity index (χ4n) is 3.19. The lowest BCUT2D eigenvalue weighted by Crippen LogP contribution is -2.53. The molecule has 2 unspecified atom stereocenters. The molecule has 2 fully saturated rings. The predicted molar refractivity (Wildman–Crippen MR) is 71.6 cm³/mol. The maximum Gasteiger partial charge on any atom is 0.323 e. The molecule has 0 aromatic heterocycles. The Morgan fingerprint density at radius 3 is 2.61 bits per heavy atom. The standard InChI is InChI=1S/C14H26N2O2/c1-10(2)15-14(13(17)18)7-6-12(8-14)16(3)9-11-4-5-11/h10-12,15H,4-9H2,1-3H3,(H,17,18). The predicted octanol–water partition coefficient (Wildman–Crippen LogP) is 1.70. The second kappa shape index (κ2) is 5.17. The maximum atomic E-state index is 11.6. The van der Waals surface area contributed by atoms with Crippen LogP contribution in [0.15, 0.2) is 0 Å². The number of hydrogen-bond acceptors (Lipinski definition) is 3. The number of aliphatic carboxylic acids is 1. The number of carboxylic acids is 1. The van der Waals surface area contributed by atoms with E-state index in [0.717, 1.165) is 31.7 Å². The van der Waals surface area contributed by atoms with Gasteiger partial charge in [0.15, 0.2) is 0 Å². The van der Waals surface area contributed by atoms with Crippen LogP contribution in [0.5, 0.6) is 0 Å². The van der Waals surface area contributed by atoms with Gasteiger partial charge in [0.1, 0.15) is 5.54 Å². The van der Waals surface area contributed by atoms with E-state index >= 15 is 0 Å². The molecule has 0 aliphatic heterocycles. The molecule has 18 heavy (non-hydrogen) atoms. The van der Waals surface area contributed by atoms with E-state index in [1.807, 2.05) is 13.8 Å². The van der Waals surface area contributed by atoms with E-state index in [2.05, 4.69) is 17.3 Å². The lowest BCUT2D eigenvalue weighted by molar-refractivity contribution is -0.145. The van der Waals surface area contributed by atoms with Gasteiger partial charge in [-0.2, -0.15) is 0 Å². The summed E-state index contributed by atoms with van der Waals surface area (Å²) in [6, 6.07) is 0.640. The molecule has 2 saturated carbocycles. The zero-order valence-corrected chi connectivity index (χ0v) is 11.8. The second-order valence-corrected chi connectivity index (χ2v) is 6.47. The SMILES string of the molecule is CC(C)NC1(C(=O)O)CCC(N(C)CC2CC2)C1. The van der Waals surface area contributed by atoms with Crippen LogP contribution in [-0.4, -0.2) is 47.2 Å². The molecular weight excluding hydrogens is 228 g/mol. The minimum absolute atomic E-state index is 0.216. The maximum absolute atomic E-state index is 11.6. The Morgan fingerprint density at radius 2 is 2.11 bits per heavy atom. The lowest BCUT2D eigenvalue weighted by atomic mass is 9.96. The second-order valence-electron chi connectivity index (χ2n) is 6.47. The van der Waals surface area contributed by atoms with Crippen molar-refractivity contribution < 1.29 is 9.90 Å². The van der Waals surface area contributed by atoms with E-state index in [1.54, 1.807) is 0 Å². The first-order chi connectivity index (χ1) is 8.43. The molecule has 0 amide bonds. The van der Waals surface area contributed by atoms with Crippen LogP contribution in [0.1, 0.15) is 46.0 Å². The highest BCUT2D eigenvalue weighted by Gasteiger charge is 2.47. The molecule has 4 nitrogen and oxygen atoms in total. The fraction of sp³-hybridized carbons (Fsp3) is 0.929. The van der Waals surface area contributed by atoms with Gasteiger partial charge in [0, 0.05) is 18.6 Å². The van der Waals surface area contributed by atoms with Gasteiger partial charge in [0.25, 0.3) is 0 Å². The van der Waals surface area contributed by atoms with Gasteiger partial charge in [-0.25, -0.2) is 0 Å². The van der Waals surface area contributed by atoms with Crippen LogP contribution in [0.25, 0.3) is 0 Å². The van der Waals surface area contributed by atoms with Crippen LogP contribution in [0, 0.1) is 5.92 Å². The lowest BCUT2D eigenvalue weighted by Gasteiger charge is -2.30. The Kier molecular flexibility index (Phi) is 3.97. The van der Waals surface area contributed by atoms with Gasteiger partial charge >= 0.3 is 5.97 Å². The summed E-state index contributed by atoms with van der Waals surface area (Å²) >= 11 is 0. The first-order valence-electron chi connectivity index (χ1n) is 7.14. The molecule has 0 spiro atoms. The van der Waals surface area contributed by atoms with Crippen molar-refractivity contribution in [2.45, 2.75) is 63.6 Å². The zero-order chi connectivity index (χ0) is 13.3. The molecule has 0 aromatic rings. The number of carboxylic acid groups (broad SMARTS) is 1. The summed E-state index contributed by atoms with van der Waals surface area (Å²) in [5.74, 6) is 0.186. The van der Waals surface area contributed by atoms with Gasteiger partial charge in [-0.1, -0.05) is 0 Å². The molecule has 2 atom stereocenters. The summed E-state index contributed by atoms with van der Waals surface area (Å²) in [5, 5.41) is 12.8. The third-order valence-corrected chi connectivity index (χ3v) is 4.33. The van der Waals surface area contributed by atoms with E-state index < -0.39 is 11.5 Å². The molecule has 0 heterocycles. The van der Waals surface area contributed by atoms with Gasteiger partial charge in [-0.05, 0) is 58.9 Å². The van der Waals surface area contributed by atoms with Gasteiger partial charge in [0.05, 0.1) is 0 Å². The molecule has 2 aliphatic rings. The third-order valence-electron chi connectivity index (χ3n) is 4.33. The van der Waals surface area contributed by atoms with Gasteiger partial charge in [-0.15, -0.1) is 0 Å².